The van der Waals surface area contributed by atoms with Gasteiger partial charge in [-0.3, -0.25) is 0 Å². The minimum atomic E-state index is -0.507. The lowest BCUT2D eigenvalue weighted by Gasteiger charge is -1.88. The molecule has 0 N–H and O–H groups in total. The number of hydrogen-bond donors (Lipinski definition) is 0. The van der Waals surface area contributed by atoms with Gasteiger partial charge in [-0.25, -0.2) is 4.98 Å². The number of alkyl halides is 1. The second-order valence-corrected chi connectivity index (χ2v) is 2.49. The van der Waals surface area contributed by atoms with Crippen LogP contribution in [0.1, 0.15) is 12.0 Å². The monoisotopic (exact) mass is 183 g/mol. The average molecular weight is 184 g/mol. The Morgan fingerprint density at radius 2 is 2.42 bits per heavy atom. The Hall–Kier alpha value is -1.07. The highest BCUT2D eigenvalue weighted by atomic mass is 35.5. The third kappa shape index (κ3) is 2.89. The van der Waals surface area contributed by atoms with Gasteiger partial charge in [-0.05, 0) is 6.07 Å². The van der Waals surface area contributed by atoms with Gasteiger partial charge in [0.1, 0.15) is 0 Å². The fraction of sp³-hybridized carbons (Fsp3) is 0.222. The van der Waals surface area contributed by atoms with Crippen LogP contribution in [0.4, 0.5) is 4.39 Å². The summed E-state index contributed by atoms with van der Waals surface area (Å²) < 4.78 is 12.5. The van der Waals surface area contributed by atoms with Gasteiger partial charge in [-0.15, -0.1) is 11.6 Å². The first-order valence-electron chi connectivity index (χ1n) is 3.49. The summed E-state index contributed by atoms with van der Waals surface area (Å²) in [5, 5.41) is 0. The van der Waals surface area contributed by atoms with Crippen LogP contribution < -0.4 is 0 Å². The topological polar surface area (TPSA) is 12.9 Å². The Morgan fingerprint density at radius 3 is 3.08 bits per heavy atom. The summed E-state index contributed by atoms with van der Waals surface area (Å²) in [4.78, 5) is 3.41. The predicted octanol–water partition coefficient (Wildman–Crippen LogP) is 2.20. The number of aromatic nitrogens is 1. The maximum absolute atomic E-state index is 12.5. The van der Waals surface area contributed by atoms with Crippen molar-refractivity contribution in [3.05, 3.63) is 29.8 Å². The molecule has 0 aliphatic heterocycles. The van der Waals surface area contributed by atoms with E-state index in [9.17, 15) is 4.39 Å². The SMILES string of the molecule is Fc1cc(C#CCCCl)ccn1. The highest BCUT2D eigenvalue weighted by molar-refractivity contribution is 6.18. The minimum absolute atomic E-state index is 0.501. The van der Waals surface area contributed by atoms with E-state index in [2.05, 4.69) is 16.8 Å². The van der Waals surface area contributed by atoms with Gasteiger partial charge in [-0.1, -0.05) is 11.8 Å². The van der Waals surface area contributed by atoms with E-state index in [4.69, 9.17) is 11.6 Å². The van der Waals surface area contributed by atoms with Crippen molar-refractivity contribution in [1.29, 1.82) is 0 Å². The standard InChI is InChI=1S/C9H7ClFN/c10-5-2-1-3-8-4-6-12-9(11)7-8/h4,6-7H,2,5H2. The van der Waals surface area contributed by atoms with E-state index < -0.39 is 5.95 Å². The predicted molar refractivity (Wildman–Crippen MR) is 46.4 cm³/mol. The van der Waals surface area contributed by atoms with Crippen molar-refractivity contribution in [3.8, 4) is 11.8 Å². The molecule has 0 atom stereocenters. The molecule has 1 aromatic rings. The first-order chi connectivity index (χ1) is 5.83. The molecule has 0 aliphatic carbocycles. The molecule has 12 heavy (non-hydrogen) atoms. The highest BCUT2D eigenvalue weighted by Gasteiger charge is 1.90. The molecule has 1 heterocycles. The lowest BCUT2D eigenvalue weighted by molar-refractivity contribution is 0.583. The highest BCUT2D eigenvalue weighted by Crippen LogP contribution is 1.97. The van der Waals surface area contributed by atoms with Crippen LogP contribution in [0.5, 0.6) is 0 Å². The maximum atomic E-state index is 12.5. The van der Waals surface area contributed by atoms with Crippen molar-refractivity contribution < 1.29 is 4.39 Å². The van der Waals surface area contributed by atoms with E-state index in [1.165, 1.54) is 12.3 Å². The van der Waals surface area contributed by atoms with Crippen LogP contribution in [0, 0.1) is 17.8 Å². The van der Waals surface area contributed by atoms with Crippen LogP contribution in [0.3, 0.4) is 0 Å². The van der Waals surface area contributed by atoms with Crippen LogP contribution in [0.25, 0.3) is 0 Å². The quantitative estimate of drug-likeness (QED) is 0.370. The second-order valence-electron chi connectivity index (χ2n) is 2.11. The zero-order chi connectivity index (χ0) is 8.81. The van der Waals surface area contributed by atoms with E-state index >= 15 is 0 Å². The van der Waals surface area contributed by atoms with Crippen molar-refractivity contribution in [3.63, 3.8) is 0 Å². The maximum Gasteiger partial charge on any atom is 0.214 e. The van der Waals surface area contributed by atoms with Crippen molar-refractivity contribution in [2.24, 2.45) is 0 Å². The summed E-state index contributed by atoms with van der Waals surface area (Å²) in [6.45, 7) is 0. The van der Waals surface area contributed by atoms with E-state index in [0.717, 1.165) is 0 Å². The van der Waals surface area contributed by atoms with E-state index in [1.54, 1.807) is 6.07 Å². The number of rotatable bonds is 1. The van der Waals surface area contributed by atoms with Gasteiger partial charge >= 0.3 is 0 Å². The van der Waals surface area contributed by atoms with Crippen molar-refractivity contribution >= 4 is 11.6 Å². The zero-order valence-corrected chi connectivity index (χ0v) is 7.11. The fourth-order valence-corrected chi connectivity index (χ4v) is 0.787. The molecule has 3 heteroatoms. The Morgan fingerprint density at radius 1 is 1.58 bits per heavy atom. The summed E-state index contributed by atoms with van der Waals surface area (Å²) >= 11 is 5.41. The van der Waals surface area contributed by atoms with Crippen LogP contribution >= 0.6 is 11.6 Å². The normalized spacial score (nSPS) is 8.83. The molecular formula is C9H7ClFN. The van der Waals surface area contributed by atoms with Crippen LogP contribution in [-0.4, -0.2) is 10.9 Å². The zero-order valence-electron chi connectivity index (χ0n) is 6.35. The lowest BCUT2D eigenvalue weighted by atomic mass is 10.2. The van der Waals surface area contributed by atoms with Gasteiger partial charge in [0.25, 0.3) is 0 Å². The Balaban J connectivity index is 2.71. The summed E-state index contributed by atoms with van der Waals surface area (Å²) in [6, 6.07) is 2.95. The molecule has 0 saturated heterocycles. The lowest BCUT2D eigenvalue weighted by Crippen LogP contribution is -1.82. The smallest absolute Gasteiger partial charge is 0.214 e. The van der Waals surface area contributed by atoms with E-state index in [-0.39, 0.29) is 0 Å². The van der Waals surface area contributed by atoms with Crippen molar-refractivity contribution in [2.75, 3.05) is 5.88 Å². The fourth-order valence-electron chi connectivity index (χ4n) is 0.692. The molecule has 0 amide bonds. The Kier molecular flexibility index (Phi) is 3.56. The third-order valence-electron chi connectivity index (χ3n) is 1.18. The molecule has 1 rings (SSSR count). The van der Waals surface area contributed by atoms with Gasteiger partial charge in [0.15, 0.2) is 0 Å². The van der Waals surface area contributed by atoms with E-state index in [0.29, 0.717) is 17.9 Å². The van der Waals surface area contributed by atoms with Crippen molar-refractivity contribution in [2.45, 2.75) is 6.42 Å². The van der Waals surface area contributed by atoms with Crippen LogP contribution in [0.2, 0.25) is 0 Å². The summed E-state index contributed by atoms with van der Waals surface area (Å²) in [6.07, 6.45) is 2.01. The van der Waals surface area contributed by atoms with Gasteiger partial charge < -0.3 is 0 Å². The largest absolute Gasteiger partial charge is 0.228 e. The number of nitrogens with zero attached hydrogens (tertiary/aromatic N) is 1. The molecule has 0 bridgehead atoms. The average Bonchev–Trinajstić information content (AvgIpc) is 2.05. The van der Waals surface area contributed by atoms with Crippen LogP contribution in [-0.2, 0) is 0 Å². The molecule has 0 unspecified atom stereocenters. The summed E-state index contributed by atoms with van der Waals surface area (Å²) in [5.74, 6) is 5.57. The van der Waals surface area contributed by atoms with Gasteiger partial charge in [0.2, 0.25) is 5.95 Å². The molecule has 0 radical (unpaired) electrons. The summed E-state index contributed by atoms with van der Waals surface area (Å²) in [5.41, 5.74) is 0.632. The molecule has 0 fully saturated rings. The van der Waals surface area contributed by atoms with Crippen molar-refractivity contribution in [1.82, 2.24) is 4.98 Å². The van der Waals surface area contributed by atoms with Gasteiger partial charge in [0.05, 0.1) is 0 Å². The number of pyridine rings is 1. The number of hydrogen-bond acceptors (Lipinski definition) is 1. The molecule has 0 aromatic carbocycles. The molecular weight excluding hydrogens is 177 g/mol. The first-order valence-corrected chi connectivity index (χ1v) is 4.03. The molecule has 0 saturated carbocycles. The third-order valence-corrected chi connectivity index (χ3v) is 1.37. The molecule has 1 nitrogen and oxygen atoms in total. The number of halogens is 2. The van der Waals surface area contributed by atoms with Crippen LogP contribution in [0.15, 0.2) is 18.3 Å². The Labute approximate surface area is 75.6 Å². The summed E-state index contributed by atoms with van der Waals surface area (Å²) in [7, 11) is 0. The second kappa shape index (κ2) is 4.74. The molecule has 1 aromatic heterocycles. The van der Waals surface area contributed by atoms with Gasteiger partial charge in [0, 0.05) is 30.1 Å². The molecule has 0 aliphatic rings. The van der Waals surface area contributed by atoms with Gasteiger partial charge in [-0.2, -0.15) is 4.39 Å². The first kappa shape index (κ1) is 9.02. The Bertz CT molecular complexity index is 314. The molecule has 0 spiro atoms. The minimum Gasteiger partial charge on any atom is -0.228 e. The molecule has 62 valence electrons. The van der Waals surface area contributed by atoms with E-state index in [1.807, 2.05) is 0 Å².